The van der Waals surface area contributed by atoms with Gasteiger partial charge in [0.25, 0.3) is 5.91 Å². The van der Waals surface area contributed by atoms with Crippen molar-refractivity contribution in [3.05, 3.63) is 18.1 Å². The zero-order valence-electron chi connectivity index (χ0n) is 10.0. The number of carbonyl (C=O) groups excluding carboxylic acids is 1. The van der Waals surface area contributed by atoms with Crippen LogP contribution in [0.25, 0.3) is 0 Å². The fourth-order valence-corrected chi connectivity index (χ4v) is 2.77. The van der Waals surface area contributed by atoms with Crippen LogP contribution < -0.4 is 5.32 Å². The molecule has 1 aromatic heterocycles. The quantitative estimate of drug-likeness (QED) is 0.854. The molecule has 2 rings (SSSR count). The highest BCUT2D eigenvalue weighted by Crippen LogP contribution is 2.19. The number of rotatable bonds is 2. The number of carbonyl (C=O) groups is 1. The summed E-state index contributed by atoms with van der Waals surface area (Å²) < 4.78 is 0. The van der Waals surface area contributed by atoms with E-state index in [4.69, 9.17) is 0 Å². The molecule has 1 aromatic rings. The van der Waals surface area contributed by atoms with Gasteiger partial charge in [0, 0.05) is 31.1 Å². The highest BCUT2D eigenvalue weighted by molar-refractivity contribution is 7.99. The first-order chi connectivity index (χ1) is 8.20. The smallest absolute Gasteiger partial charge is 0.274 e. The van der Waals surface area contributed by atoms with Gasteiger partial charge >= 0.3 is 0 Å². The van der Waals surface area contributed by atoms with E-state index in [1.807, 2.05) is 16.7 Å². The first kappa shape index (κ1) is 12.2. The fourth-order valence-electron chi connectivity index (χ4n) is 1.75. The number of thioether (sulfide) groups is 1. The summed E-state index contributed by atoms with van der Waals surface area (Å²) in [6, 6.07) is 0. The van der Waals surface area contributed by atoms with E-state index in [0.29, 0.717) is 16.8 Å². The molecular formula is C11H16N4OS. The standard InChI is InChI=1S/C11H16N4OS/c1-8-7-15(3-4-17-8)11(16)9-5-13-6-10(12-2)14-9/h5-6,8H,3-4,7H2,1-2H3,(H,12,14). The molecule has 1 saturated heterocycles. The molecule has 0 bridgehead atoms. The lowest BCUT2D eigenvalue weighted by Gasteiger charge is -2.30. The predicted molar refractivity (Wildman–Crippen MR) is 69.4 cm³/mol. The second-order valence-electron chi connectivity index (χ2n) is 3.97. The largest absolute Gasteiger partial charge is 0.372 e. The summed E-state index contributed by atoms with van der Waals surface area (Å²) in [5.74, 6) is 1.59. The molecular weight excluding hydrogens is 236 g/mol. The van der Waals surface area contributed by atoms with Crippen LogP contribution in [0, 0.1) is 0 Å². The van der Waals surface area contributed by atoms with Gasteiger partial charge in [0.2, 0.25) is 0 Å². The van der Waals surface area contributed by atoms with Crippen molar-refractivity contribution in [1.29, 1.82) is 0 Å². The third-order valence-electron chi connectivity index (χ3n) is 2.64. The Labute approximate surface area is 105 Å². The van der Waals surface area contributed by atoms with Crippen LogP contribution in [-0.2, 0) is 0 Å². The maximum absolute atomic E-state index is 12.2. The van der Waals surface area contributed by atoms with E-state index in [9.17, 15) is 4.79 Å². The summed E-state index contributed by atoms with van der Waals surface area (Å²) in [7, 11) is 1.76. The number of hydrogen-bond donors (Lipinski definition) is 1. The van der Waals surface area contributed by atoms with Crippen molar-refractivity contribution in [3.8, 4) is 0 Å². The molecule has 1 amide bonds. The van der Waals surface area contributed by atoms with Crippen molar-refractivity contribution in [2.24, 2.45) is 0 Å². The average Bonchev–Trinajstić information content (AvgIpc) is 2.38. The van der Waals surface area contributed by atoms with Gasteiger partial charge < -0.3 is 10.2 Å². The number of nitrogens with one attached hydrogen (secondary N) is 1. The van der Waals surface area contributed by atoms with Crippen molar-refractivity contribution < 1.29 is 4.79 Å². The van der Waals surface area contributed by atoms with Crippen LogP contribution in [-0.4, -0.2) is 51.9 Å². The second-order valence-corrected chi connectivity index (χ2v) is 5.52. The van der Waals surface area contributed by atoms with Gasteiger partial charge in [0.15, 0.2) is 0 Å². The van der Waals surface area contributed by atoms with Crippen molar-refractivity contribution >= 4 is 23.5 Å². The maximum Gasteiger partial charge on any atom is 0.274 e. The highest BCUT2D eigenvalue weighted by Gasteiger charge is 2.23. The summed E-state index contributed by atoms with van der Waals surface area (Å²) in [6.45, 7) is 3.72. The summed E-state index contributed by atoms with van der Waals surface area (Å²) in [4.78, 5) is 22.3. The maximum atomic E-state index is 12.2. The Hall–Kier alpha value is -1.30. The molecule has 2 heterocycles. The zero-order valence-corrected chi connectivity index (χ0v) is 10.8. The van der Waals surface area contributed by atoms with E-state index in [1.165, 1.54) is 6.20 Å². The third-order valence-corrected chi connectivity index (χ3v) is 3.77. The second kappa shape index (κ2) is 5.35. The average molecular weight is 252 g/mol. The Morgan fingerprint density at radius 3 is 3.12 bits per heavy atom. The molecule has 1 unspecified atom stereocenters. The Kier molecular flexibility index (Phi) is 3.83. The fraction of sp³-hybridized carbons (Fsp3) is 0.545. The lowest BCUT2D eigenvalue weighted by atomic mass is 10.3. The number of nitrogens with zero attached hydrogens (tertiary/aromatic N) is 3. The van der Waals surface area contributed by atoms with Gasteiger partial charge in [-0.15, -0.1) is 0 Å². The van der Waals surface area contributed by atoms with Crippen LogP contribution in [0.5, 0.6) is 0 Å². The minimum atomic E-state index is -0.0262. The summed E-state index contributed by atoms with van der Waals surface area (Å²) in [5.41, 5.74) is 0.413. The molecule has 1 aliphatic rings. The Bertz CT molecular complexity index is 412. The Balaban J connectivity index is 2.12. The van der Waals surface area contributed by atoms with Crippen LogP contribution in [0.2, 0.25) is 0 Å². The monoisotopic (exact) mass is 252 g/mol. The van der Waals surface area contributed by atoms with Gasteiger partial charge in [-0.3, -0.25) is 9.78 Å². The lowest BCUT2D eigenvalue weighted by molar-refractivity contribution is 0.0757. The van der Waals surface area contributed by atoms with E-state index in [0.717, 1.165) is 18.8 Å². The van der Waals surface area contributed by atoms with Gasteiger partial charge in [-0.2, -0.15) is 11.8 Å². The van der Waals surface area contributed by atoms with Crippen molar-refractivity contribution in [1.82, 2.24) is 14.9 Å². The number of anilines is 1. The highest BCUT2D eigenvalue weighted by atomic mass is 32.2. The molecule has 5 nitrogen and oxygen atoms in total. The molecule has 0 aromatic carbocycles. The van der Waals surface area contributed by atoms with Gasteiger partial charge in [-0.25, -0.2) is 4.98 Å². The van der Waals surface area contributed by atoms with E-state index >= 15 is 0 Å². The molecule has 0 aliphatic carbocycles. The Morgan fingerprint density at radius 2 is 2.41 bits per heavy atom. The minimum Gasteiger partial charge on any atom is -0.372 e. The molecule has 92 valence electrons. The van der Waals surface area contributed by atoms with Gasteiger partial charge in [-0.1, -0.05) is 6.92 Å². The Morgan fingerprint density at radius 1 is 1.59 bits per heavy atom. The van der Waals surface area contributed by atoms with E-state index in [2.05, 4.69) is 22.2 Å². The predicted octanol–water partition coefficient (Wildman–Crippen LogP) is 1.10. The van der Waals surface area contributed by atoms with Crippen molar-refractivity contribution in [2.75, 3.05) is 31.2 Å². The zero-order chi connectivity index (χ0) is 12.3. The molecule has 1 N–H and O–H groups in total. The molecule has 0 saturated carbocycles. The number of aromatic nitrogens is 2. The molecule has 17 heavy (non-hydrogen) atoms. The SMILES string of the molecule is CNc1cncc(C(=O)N2CCSC(C)C2)n1. The van der Waals surface area contributed by atoms with Crippen molar-refractivity contribution in [2.45, 2.75) is 12.2 Å². The number of amides is 1. The minimum absolute atomic E-state index is 0.0262. The van der Waals surface area contributed by atoms with Crippen LogP contribution >= 0.6 is 11.8 Å². The van der Waals surface area contributed by atoms with E-state index in [-0.39, 0.29) is 5.91 Å². The van der Waals surface area contributed by atoms with E-state index in [1.54, 1.807) is 13.2 Å². The summed E-state index contributed by atoms with van der Waals surface area (Å²) in [6.07, 6.45) is 3.13. The van der Waals surface area contributed by atoms with Crippen molar-refractivity contribution in [3.63, 3.8) is 0 Å². The molecule has 1 atom stereocenters. The molecule has 1 aliphatic heterocycles. The number of hydrogen-bond acceptors (Lipinski definition) is 5. The molecule has 0 spiro atoms. The third kappa shape index (κ3) is 2.88. The van der Waals surface area contributed by atoms with E-state index < -0.39 is 0 Å². The van der Waals surface area contributed by atoms with Crippen LogP contribution in [0.15, 0.2) is 12.4 Å². The summed E-state index contributed by atoms with van der Waals surface area (Å²) >= 11 is 1.90. The first-order valence-electron chi connectivity index (χ1n) is 5.61. The normalized spacial score (nSPS) is 20.1. The molecule has 6 heteroatoms. The van der Waals surface area contributed by atoms with Crippen LogP contribution in [0.3, 0.4) is 0 Å². The lowest BCUT2D eigenvalue weighted by Crippen LogP contribution is -2.41. The topological polar surface area (TPSA) is 58.1 Å². The molecule has 1 fully saturated rings. The van der Waals surface area contributed by atoms with Crippen LogP contribution in [0.4, 0.5) is 5.82 Å². The van der Waals surface area contributed by atoms with Gasteiger partial charge in [0.05, 0.1) is 12.4 Å². The summed E-state index contributed by atoms with van der Waals surface area (Å²) in [5, 5.41) is 3.38. The van der Waals surface area contributed by atoms with Gasteiger partial charge in [0.1, 0.15) is 11.5 Å². The molecule has 0 radical (unpaired) electrons. The van der Waals surface area contributed by atoms with Crippen LogP contribution in [0.1, 0.15) is 17.4 Å². The first-order valence-corrected chi connectivity index (χ1v) is 6.66. The van der Waals surface area contributed by atoms with Gasteiger partial charge in [-0.05, 0) is 0 Å².